The molecule has 1 atom stereocenters. The van der Waals surface area contributed by atoms with Crippen LogP contribution >= 0.6 is 15.9 Å². The van der Waals surface area contributed by atoms with Gasteiger partial charge in [-0.15, -0.1) is 0 Å². The van der Waals surface area contributed by atoms with E-state index in [4.69, 9.17) is 4.74 Å². The smallest absolute Gasteiger partial charge is 0.172 e. The summed E-state index contributed by atoms with van der Waals surface area (Å²) in [6.07, 6.45) is 2.59. The molecular formula is C16H25BrN2O2. The normalized spacial score (nSPS) is 19.0. The monoisotopic (exact) mass is 356 g/mol. The Morgan fingerprint density at radius 2 is 2.29 bits per heavy atom. The van der Waals surface area contributed by atoms with Crippen molar-refractivity contribution in [2.75, 3.05) is 33.3 Å². The highest BCUT2D eigenvalue weighted by Crippen LogP contribution is 2.35. The zero-order valence-corrected chi connectivity index (χ0v) is 14.4. The molecule has 0 aromatic heterocycles. The average Bonchev–Trinajstić information content (AvgIpc) is 2.51. The van der Waals surface area contributed by atoms with Crippen molar-refractivity contribution in [1.29, 1.82) is 0 Å². The van der Waals surface area contributed by atoms with Gasteiger partial charge in [0.25, 0.3) is 0 Å². The van der Waals surface area contributed by atoms with Crippen molar-refractivity contribution in [2.24, 2.45) is 5.92 Å². The fourth-order valence-electron chi connectivity index (χ4n) is 2.88. The molecule has 1 heterocycles. The molecule has 0 spiro atoms. The van der Waals surface area contributed by atoms with Gasteiger partial charge in [-0.1, -0.05) is 6.92 Å². The van der Waals surface area contributed by atoms with Crippen LogP contribution in [0.1, 0.15) is 25.3 Å². The molecule has 2 N–H and O–H groups in total. The van der Waals surface area contributed by atoms with Gasteiger partial charge in [-0.2, -0.15) is 0 Å². The van der Waals surface area contributed by atoms with E-state index in [1.807, 2.05) is 12.1 Å². The van der Waals surface area contributed by atoms with Gasteiger partial charge in [0.15, 0.2) is 11.5 Å². The van der Waals surface area contributed by atoms with Crippen LogP contribution in [0.15, 0.2) is 16.6 Å². The highest BCUT2D eigenvalue weighted by atomic mass is 79.9. The van der Waals surface area contributed by atoms with Crippen molar-refractivity contribution < 1.29 is 9.84 Å². The van der Waals surface area contributed by atoms with Crippen LogP contribution in [0.5, 0.6) is 11.5 Å². The first-order chi connectivity index (χ1) is 10.1. The second-order valence-electron chi connectivity index (χ2n) is 5.67. The van der Waals surface area contributed by atoms with Crippen molar-refractivity contribution in [2.45, 2.75) is 26.3 Å². The fraction of sp³-hybridized carbons (Fsp3) is 0.625. The molecule has 0 aliphatic carbocycles. The zero-order chi connectivity index (χ0) is 15.2. The molecule has 118 valence electrons. The third-order valence-corrected chi connectivity index (χ3v) is 4.68. The predicted octanol–water partition coefficient (Wildman–Crippen LogP) is 2.98. The first-order valence-corrected chi connectivity index (χ1v) is 8.41. The maximum Gasteiger partial charge on any atom is 0.172 e. The third-order valence-electron chi connectivity index (χ3n) is 4.08. The van der Waals surface area contributed by atoms with Gasteiger partial charge in [0.1, 0.15) is 0 Å². The zero-order valence-electron chi connectivity index (χ0n) is 12.9. The lowest BCUT2D eigenvalue weighted by Gasteiger charge is -2.29. The topological polar surface area (TPSA) is 44.7 Å². The maximum absolute atomic E-state index is 9.88. The second kappa shape index (κ2) is 8.01. The molecule has 1 aromatic carbocycles. The number of piperidine rings is 1. The average molecular weight is 357 g/mol. The minimum absolute atomic E-state index is 0.167. The number of aromatic hydroxyl groups is 1. The lowest BCUT2D eigenvalue weighted by Crippen LogP contribution is -2.38. The molecule has 0 amide bonds. The number of ether oxygens (including phenoxy) is 1. The highest BCUT2D eigenvalue weighted by molar-refractivity contribution is 9.10. The van der Waals surface area contributed by atoms with Crippen LogP contribution in [0.25, 0.3) is 0 Å². The van der Waals surface area contributed by atoms with E-state index in [0.29, 0.717) is 10.2 Å². The summed E-state index contributed by atoms with van der Waals surface area (Å²) in [6.45, 7) is 7.50. The van der Waals surface area contributed by atoms with E-state index in [2.05, 4.69) is 33.1 Å². The van der Waals surface area contributed by atoms with Gasteiger partial charge in [-0.05, 0) is 72.0 Å². The van der Waals surface area contributed by atoms with Crippen LogP contribution in [0.4, 0.5) is 0 Å². The number of phenolic OH excluding ortho intramolecular Hbond substituents is 1. The van der Waals surface area contributed by atoms with Gasteiger partial charge in [-0.25, -0.2) is 0 Å². The Bertz CT molecular complexity index is 462. The first-order valence-electron chi connectivity index (χ1n) is 7.62. The van der Waals surface area contributed by atoms with Gasteiger partial charge in [0.2, 0.25) is 0 Å². The van der Waals surface area contributed by atoms with E-state index in [0.717, 1.165) is 44.2 Å². The Labute approximate surface area is 135 Å². The summed E-state index contributed by atoms with van der Waals surface area (Å²) in [5.74, 6) is 1.43. The highest BCUT2D eigenvalue weighted by Gasteiger charge is 2.17. The lowest BCUT2D eigenvalue weighted by molar-refractivity contribution is 0.209. The fourth-order valence-corrected chi connectivity index (χ4v) is 3.37. The number of nitrogens with zero attached hydrogens (tertiary/aromatic N) is 1. The van der Waals surface area contributed by atoms with Gasteiger partial charge in [0, 0.05) is 13.1 Å². The predicted molar refractivity (Wildman–Crippen MR) is 88.9 cm³/mol. The van der Waals surface area contributed by atoms with E-state index in [1.165, 1.54) is 12.8 Å². The number of methoxy groups -OCH3 is 1. The molecule has 1 aliphatic heterocycles. The van der Waals surface area contributed by atoms with E-state index < -0.39 is 0 Å². The Hall–Kier alpha value is -0.780. The molecule has 1 aliphatic rings. The van der Waals surface area contributed by atoms with Gasteiger partial charge >= 0.3 is 0 Å². The van der Waals surface area contributed by atoms with Crippen LogP contribution in [-0.2, 0) is 6.54 Å². The number of hydrogen-bond acceptors (Lipinski definition) is 4. The minimum Gasteiger partial charge on any atom is -0.503 e. The standard InChI is InChI=1S/C16H25BrN2O2/c1-3-19(10-12-5-4-6-18-9-12)11-13-7-14(17)16(20)15(8-13)21-2/h7-8,12,18,20H,3-6,9-11H2,1-2H3. The van der Waals surface area contributed by atoms with Crippen LogP contribution < -0.4 is 10.1 Å². The summed E-state index contributed by atoms with van der Waals surface area (Å²) in [5, 5.41) is 13.4. The molecule has 0 bridgehead atoms. The van der Waals surface area contributed by atoms with Gasteiger partial charge in [-0.3, -0.25) is 4.90 Å². The molecule has 0 saturated carbocycles. The molecule has 2 rings (SSSR count). The quantitative estimate of drug-likeness (QED) is 0.822. The summed E-state index contributed by atoms with van der Waals surface area (Å²) in [4.78, 5) is 2.45. The number of nitrogens with one attached hydrogen (secondary N) is 1. The molecule has 1 fully saturated rings. The maximum atomic E-state index is 9.88. The summed E-state index contributed by atoms with van der Waals surface area (Å²) >= 11 is 3.39. The molecule has 0 radical (unpaired) electrons. The molecule has 5 heteroatoms. The number of halogens is 1. The Morgan fingerprint density at radius 1 is 1.48 bits per heavy atom. The van der Waals surface area contributed by atoms with Crippen LogP contribution in [0.2, 0.25) is 0 Å². The van der Waals surface area contributed by atoms with E-state index in [9.17, 15) is 5.11 Å². The van der Waals surface area contributed by atoms with E-state index in [-0.39, 0.29) is 5.75 Å². The van der Waals surface area contributed by atoms with Crippen molar-refractivity contribution in [3.05, 3.63) is 22.2 Å². The third kappa shape index (κ3) is 4.59. The van der Waals surface area contributed by atoms with Crippen LogP contribution in [0, 0.1) is 5.92 Å². The van der Waals surface area contributed by atoms with Crippen molar-refractivity contribution in [3.63, 3.8) is 0 Å². The molecule has 4 nitrogen and oxygen atoms in total. The minimum atomic E-state index is 0.167. The van der Waals surface area contributed by atoms with Crippen molar-refractivity contribution in [1.82, 2.24) is 10.2 Å². The first kappa shape index (κ1) is 16.6. The Morgan fingerprint density at radius 3 is 2.90 bits per heavy atom. The Balaban J connectivity index is 2.02. The SMILES string of the molecule is CCN(Cc1cc(Br)c(O)c(OC)c1)CC1CCCNC1. The van der Waals surface area contributed by atoms with Gasteiger partial charge < -0.3 is 15.2 Å². The molecule has 1 saturated heterocycles. The number of rotatable bonds is 6. The van der Waals surface area contributed by atoms with Gasteiger partial charge in [0.05, 0.1) is 11.6 Å². The number of hydrogen-bond donors (Lipinski definition) is 2. The number of phenols is 1. The largest absolute Gasteiger partial charge is 0.503 e. The van der Waals surface area contributed by atoms with Crippen molar-refractivity contribution in [3.8, 4) is 11.5 Å². The molecule has 21 heavy (non-hydrogen) atoms. The summed E-state index contributed by atoms with van der Waals surface area (Å²) in [6, 6.07) is 3.89. The number of benzene rings is 1. The lowest BCUT2D eigenvalue weighted by atomic mass is 9.99. The van der Waals surface area contributed by atoms with E-state index in [1.54, 1.807) is 7.11 Å². The summed E-state index contributed by atoms with van der Waals surface area (Å²) in [5.41, 5.74) is 1.15. The van der Waals surface area contributed by atoms with E-state index >= 15 is 0 Å². The molecule has 1 aromatic rings. The molecule has 1 unspecified atom stereocenters. The summed E-state index contributed by atoms with van der Waals surface area (Å²) in [7, 11) is 1.58. The molecular weight excluding hydrogens is 332 g/mol. The van der Waals surface area contributed by atoms with Crippen molar-refractivity contribution >= 4 is 15.9 Å². The summed E-state index contributed by atoms with van der Waals surface area (Å²) < 4.78 is 5.91. The van der Waals surface area contributed by atoms with Crippen LogP contribution in [0.3, 0.4) is 0 Å². The van der Waals surface area contributed by atoms with Crippen LogP contribution in [-0.4, -0.2) is 43.3 Å². The Kier molecular flexibility index (Phi) is 6.33. The second-order valence-corrected chi connectivity index (χ2v) is 6.52.